The van der Waals surface area contributed by atoms with Crippen LogP contribution in [0, 0.1) is 0 Å². The fourth-order valence-electron chi connectivity index (χ4n) is 1.02. The average molecular weight is 204 g/mol. The summed E-state index contributed by atoms with van der Waals surface area (Å²) in [6.45, 7) is 3.65. The van der Waals surface area contributed by atoms with Crippen LogP contribution in [0.5, 0.6) is 0 Å². The molecule has 0 spiro atoms. The molecule has 15 heavy (non-hydrogen) atoms. The lowest BCUT2D eigenvalue weighted by Gasteiger charge is -1.95. The first-order valence-corrected chi connectivity index (χ1v) is 4.41. The van der Waals surface area contributed by atoms with Crippen molar-refractivity contribution >= 4 is 18.1 Å². The Balaban J connectivity index is 2.64. The minimum absolute atomic E-state index is 0.537. The minimum atomic E-state index is -0.537. The third-order valence-electron chi connectivity index (χ3n) is 1.75. The van der Waals surface area contributed by atoms with E-state index in [2.05, 4.69) is 16.4 Å². The Bertz CT molecular complexity index is 363. The number of carbonyl (C=O) groups is 1. The molecule has 0 atom stereocenters. The highest BCUT2D eigenvalue weighted by molar-refractivity contribution is 5.86. The van der Waals surface area contributed by atoms with Crippen molar-refractivity contribution in [2.75, 3.05) is 7.11 Å². The van der Waals surface area contributed by atoms with Crippen molar-refractivity contribution in [2.45, 2.75) is 0 Å². The monoisotopic (exact) mass is 204 g/mol. The first-order chi connectivity index (χ1) is 7.26. The molecule has 0 saturated carbocycles. The molecule has 0 radical (unpaired) electrons. The lowest BCUT2D eigenvalue weighted by Crippen LogP contribution is -1.97. The molecule has 0 saturated heterocycles. The highest BCUT2D eigenvalue weighted by Gasteiger charge is 1.95. The first-order valence-electron chi connectivity index (χ1n) is 4.41. The fourth-order valence-corrected chi connectivity index (χ4v) is 1.02. The van der Waals surface area contributed by atoms with Crippen LogP contribution in [-0.2, 0) is 14.6 Å². The molecule has 0 amide bonds. The van der Waals surface area contributed by atoms with Crippen LogP contribution >= 0.6 is 0 Å². The second kappa shape index (κ2) is 5.78. The molecule has 0 fully saturated rings. The van der Waals surface area contributed by atoms with Gasteiger partial charge in [0, 0.05) is 6.08 Å². The predicted molar refractivity (Wildman–Crippen MR) is 58.7 cm³/mol. The largest absolute Gasteiger partial charge is 0.365 e. The minimum Gasteiger partial charge on any atom is -0.294 e. The zero-order chi connectivity index (χ0) is 11.1. The summed E-state index contributed by atoms with van der Waals surface area (Å²) in [5, 5.41) is 0. The molecular weight excluding hydrogens is 192 g/mol. The van der Waals surface area contributed by atoms with Crippen LogP contribution in [0.2, 0.25) is 0 Å². The van der Waals surface area contributed by atoms with Gasteiger partial charge in [-0.1, -0.05) is 36.9 Å². The molecule has 0 aromatic heterocycles. The molecule has 0 N–H and O–H groups in total. The topological polar surface area (TPSA) is 35.5 Å². The number of benzene rings is 1. The van der Waals surface area contributed by atoms with E-state index in [4.69, 9.17) is 0 Å². The van der Waals surface area contributed by atoms with Crippen molar-refractivity contribution in [3.63, 3.8) is 0 Å². The molecule has 1 rings (SSSR count). The molecule has 1 aromatic rings. The van der Waals surface area contributed by atoms with Crippen LogP contribution in [0.3, 0.4) is 0 Å². The standard InChI is InChI=1S/C12H12O3/c1-3-10-4-6-11(7-5-10)8-9-12(13)15-14-2/h3-9H,1H2,2H3. The van der Waals surface area contributed by atoms with E-state index in [1.807, 2.05) is 24.3 Å². The van der Waals surface area contributed by atoms with Gasteiger partial charge in [0.15, 0.2) is 0 Å². The van der Waals surface area contributed by atoms with Crippen molar-refractivity contribution in [2.24, 2.45) is 0 Å². The third kappa shape index (κ3) is 3.79. The van der Waals surface area contributed by atoms with Crippen molar-refractivity contribution < 1.29 is 14.6 Å². The maximum Gasteiger partial charge on any atom is 0.365 e. The van der Waals surface area contributed by atoms with E-state index in [0.717, 1.165) is 11.1 Å². The van der Waals surface area contributed by atoms with E-state index < -0.39 is 5.97 Å². The second-order valence-electron chi connectivity index (χ2n) is 2.77. The molecule has 3 nitrogen and oxygen atoms in total. The van der Waals surface area contributed by atoms with Gasteiger partial charge in [-0.25, -0.2) is 4.79 Å². The van der Waals surface area contributed by atoms with Gasteiger partial charge in [-0.2, -0.15) is 4.89 Å². The summed E-state index contributed by atoms with van der Waals surface area (Å²) in [7, 11) is 1.28. The van der Waals surface area contributed by atoms with Crippen molar-refractivity contribution in [1.82, 2.24) is 0 Å². The van der Waals surface area contributed by atoms with Gasteiger partial charge >= 0.3 is 5.97 Å². The predicted octanol–water partition coefficient (Wildman–Crippen LogP) is 2.45. The maximum absolute atomic E-state index is 10.9. The van der Waals surface area contributed by atoms with Gasteiger partial charge in [0.2, 0.25) is 0 Å². The molecule has 0 aliphatic heterocycles. The van der Waals surface area contributed by atoms with Crippen LogP contribution < -0.4 is 0 Å². The van der Waals surface area contributed by atoms with Crippen molar-refractivity contribution in [3.05, 3.63) is 48.0 Å². The smallest absolute Gasteiger partial charge is 0.294 e. The van der Waals surface area contributed by atoms with Gasteiger partial charge in [-0.05, 0) is 17.2 Å². The molecule has 3 heteroatoms. The second-order valence-corrected chi connectivity index (χ2v) is 2.77. The van der Waals surface area contributed by atoms with E-state index in [9.17, 15) is 4.79 Å². The van der Waals surface area contributed by atoms with Crippen molar-refractivity contribution in [3.8, 4) is 0 Å². The molecule has 0 bridgehead atoms. The molecular formula is C12H12O3. The Hall–Kier alpha value is -1.87. The van der Waals surface area contributed by atoms with Gasteiger partial charge < -0.3 is 0 Å². The number of hydrogen-bond acceptors (Lipinski definition) is 3. The van der Waals surface area contributed by atoms with E-state index in [1.54, 1.807) is 12.2 Å². The van der Waals surface area contributed by atoms with Gasteiger partial charge in [-0.3, -0.25) is 4.89 Å². The summed E-state index contributed by atoms with van der Waals surface area (Å²) < 4.78 is 0. The zero-order valence-corrected chi connectivity index (χ0v) is 8.47. The van der Waals surface area contributed by atoms with Gasteiger partial charge in [0.25, 0.3) is 0 Å². The summed E-state index contributed by atoms with van der Waals surface area (Å²) in [5.41, 5.74) is 1.94. The lowest BCUT2D eigenvalue weighted by atomic mass is 10.1. The summed E-state index contributed by atoms with van der Waals surface area (Å²) in [4.78, 5) is 19.4. The van der Waals surface area contributed by atoms with E-state index in [-0.39, 0.29) is 0 Å². The highest BCUT2D eigenvalue weighted by Crippen LogP contribution is 2.07. The Labute approximate surface area is 88.6 Å². The Morgan fingerprint density at radius 3 is 2.40 bits per heavy atom. The number of rotatable bonds is 4. The summed E-state index contributed by atoms with van der Waals surface area (Å²) in [6.07, 6.45) is 4.70. The van der Waals surface area contributed by atoms with Crippen LogP contribution in [0.25, 0.3) is 12.2 Å². The first kappa shape index (κ1) is 11.2. The molecule has 78 valence electrons. The SMILES string of the molecule is C=Cc1ccc(C=CC(=O)OOC)cc1. The van der Waals surface area contributed by atoms with Crippen LogP contribution in [0.1, 0.15) is 11.1 Å². The maximum atomic E-state index is 10.9. The third-order valence-corrected chi connectivity index (χ3v) is 1.75. The lowest BCUT2D eigenvalue weighted by molar-refractivity contribution is -0.249. The van der Waals surface area contributed by atoms with Gasteiger partial charge in [-0.15, -0.1) is 0 Å². The molecule has 0 aliphatic rings. The Kier molecular flexibility index (Phi) is 4.31. The van der Waals surface area contributed by atoms with Gasteiger partial charge in [0.05, 0.1) is 7.11 Å². The zero-order valence-electron chi connectivity index (χ0n) is 8.47. The normalized spacial score (nSPS) is 10.2. The summed E-state index contributed by atoms with van der Waals surface area (Å²) >= 11 is 0. The molecule has 0 unspecified atom stereocenters. The number of carbonyl (C=O) groups excluding carboxylic acids is 1. The summed E-state index contributed by atoms with van der Waals surface area (Å²) in [5.74, 6) is -0.537. The molecule has 0 heterocycles. The van der Waals surface area contributed by atoms with Crippen LogP contribution in [0.15, 0.2) is 36.9 Å². The summed E-state index contributed by atoms with van der Waals surface area (Å²) in [6, 6.07) is 7.59. The highest BCUT2D eigenvalue weighted by atomic mass is 17.2. The molecule has 1 aromatic carbocycles. The van der Waals surface area contributed by atoms with E-state index in [0.29, 0.717) is 0 Å². The van der Waals surface area contributed by atoms with Crippen LogP contribution in [0.4, 0.5) is 0 Å². The van der Waals surface area contributed by atoms with Crippen molar-refractivity contribution in [1.29, 1.82) is 0 Å². The average Bonchev–Trinajstić information content (AvgIpc) is 2.27. The quantitative estimate of drug-likeness (QED) is 0.429. The Morgan fingerprint density at radius 1 is 1.27 bits per heavy atom. The Morgan fingerprint density at radius 2 is 1.87 bits per heavy atom. The van der Waals surface area contributed by atoms with E-state index in [1.165, 1.54) is 13.2 Å². The van der Waals surface area contributed by atoms with E-state index >= 15 is 0 Å². The molecule has 0 aliphatic carbocycles. The fraction of sp³-hybridized carbons (Fsp3) is 0.0833. The van der Waals surface area contributed by atoms with Gasteiger partial charge in [0.1, 0.15) is 0 Å². The van der Waals surface area contributed by atoms with Crippen LogP contribution in [-0.4, -0.2) is 13.1 Å². The number of hydrogen-bond donors (Lipinski definition) is 0.